The Morgan fingerprint density at radius 3 is 2.71 bits per heavy atom. The lowest BCUT2D eigenvalue weighted by atomic mass is 10.0. The van der Waals surface area contributed by atoms with Gasteiger partial charge in [0, 0.05) is 25.7 Å². The third-order valence-corrected chi connectivity index (χ3v) is 6.20. The highest BCUT2D eigenvalue weighted by Gasteiger charge is 2.39. The van der Waals surface area contributed by atoms with Crippen LogP contribution in [0.5, 0.6) is 0 Å². The first kappa shape index (κ1) is 23.2. The Kier molecular flexibility index (Phi) is 7.02. The van der Waals surface area contributed by atoms with E-state index in [-0.39, 0.29) is 35.7 Å². The number of hydrogen-bond donors (Lipinski definition) is 2. The number of carbonyl (C=O) groups is 2. The van der Waals surface area contributed by atoms with E-state index >= 15 is 0 Å². The number of thiophene rings is 1. The maximum atomic E-state index is 13.0. The second-order valence-electron chi connectivity index (χ2n) is 7.21. The van der Waals surface area contributed by atoms with Crippen LogP contribution in [0.3, 0.4) is 0 Å². The normalized spacial score (nSPS) is 17.1. The van der Waals surface area contributed by atoms with Gasteiger partial charge in [-0.25, -0.2) is 5.43 Å². The Balaban J connectivity index is 1.75. The van der Waals surface area contributed by atoms with E-state index in [1.54, 1.807) is 31.1 Å². The van der Waals surface area contributed by atoms with Crippen LogP contribution in [0, 0.1) is 6.92 Å². The van der Waals surface area contributed by atoms with E-state index in [0.717, 1.165) is 24.2 Å². The van der Waals surface area contributed by atoms with E-state index in [9.17, 15) is 22.8 Å². The van der Waals surface area contributed by atoms with Crippen LogP contribution < -0.4 is 10.7 Å². The molecular weight excluding hydrogens is 435 g/mol. The number of likely N-dealkylation sites (N-methyl/N-ethyl adjacent to an activating group) is 1. The fourth-order valence-electron chi connectivity index (χ4n) is 3.66. The number of halogens is 3. The third-order valence-electron chi connectivity index (χ3n) is 5.12. The molecule has 2 aromatic rings. The van der Waals surface area contributed by atoms with Gasteiger partial charge in [0.25, 0.3) is 11.8 Å². The molecule has 1 atom stereocenters. The lowest BCUT2D eigenvalue weighted by Gasteiger charge is -2.38. The first-order valence-electron chi connectivity index (χ1n) is 9.74. The second kappa shape index (κ2) is 9.37. The van der Waals surface area contributed by atoms with Crippen molar-refractivity contribution in [3.05, 3.63) is 28.3 Å². The minimum absolute atomic E-state index is 0.0758. The summed E-state index contributed by atoms with van der Waals surface area (Å²) < 4.78 is 43.4. The van der Waals surface area contributed by atoms with Crippen LogP contribution in [-0.4, -0.2) is 66.7 Å². The molecule has 1 saturated heterocycles. The van der Waals surface area contributed by atoms with Crippen LogP contribution >= 0.6 is 11.3 Å². The highest BCUT2D eigenvalue weighted by molar-refractivity contribution is 7.17. The summed E-state index contributed by atoms with van der Waals surface area (Å²) in [5, 5.41) is 7.91. The molecule has 1 aliphatic heterocycles. The Labute approximate surface area is 181 Å². The zero-order valence-corrected chi connectivity index (χ0v) is 18.2. The fourth-order valence-corrected chi connectivity index (χ4v) is 4.68. The summed E-state index contributed by atoms with van der Waals surface area (Å²) in [4.78, 5) is 27.8. The molecule has 31 heavy (non-hydrogen) atoms. The van der Waals surface area contributed by atoms with Crippen LogP contribution in [0.4, 0.5) is 13.2 Å². The van der Waals surface area contributed by atoms with E-state index in [0.29, 0.717) is 22.8 Å². The van der Waals surface area contributed by atoms with Gasteiger partial charge >= 0.3 is 6.18 Å². The predicted molar refractivity (Wildman–Crippen MR) is 108 cm³/mol. The molecular formula is C19H24F3N5O3S. The standard InChI is InChI=1S/C19H24F3N5O3S/c1-11-16(25-30-17(11)19(20,21)22)13-6-7-14(31-13)18(29)26-8-4-5-12(10-26)27(24-3)15(28)9-23-2/h6-7,12,23-24H,4-5,8-10H2,1-3H3/t12-/m0/s1. The van der Waals surface area contributed by atoms with E-state index in [2.05, 4.69) is 20.4 Å². The van der Waals surface area contributed by atoms with E-state index in [1.165, 1.54) is 11.9 Å². The largest absolute Gasteiger partial charge is 0.452 e. The van der Waals surface area contributed by atoms with Crippen molar-refractivity contribution in [2.75, 3.05) is 33.7 Å². The molecule has 12 heteroatoms. The molecule has 0 aliphatic carbocycles. The number of rotatable bonds is 6. The molecule has 2 amide bonds. The number of likely N-dealkylation sites (tertiary alicyclic amines) is 1. The van der Waals surface area contributed by atoms with Gasteiger partial charge in [0.2, 0.25) is 5.76 Å². The van der Waals surface area contributed by atoms with Gasteiger partial charge in [-0.3, -0.25) is 14.6 Å². The second-order valence-corrected chi connectivity index (χ2v) is 8.30. The van der Waals surface area contributed by atoms with E-state index in [1.807, 2.05) is 0 Å². The van der Waals surface area contributed by atoms with Crippen LogP contribution in [0.1, 0.15) is 33.8 Å². The highest BCUT2D eigenvalue weighted by Crippen LogP contribution is 2.38. The molecule has 0 spiro atoms. The van der Waals surface area contributed by atoms with Gasteiger partial charge in [0.15, 0.2) is 0 Å². The molecule has 2 aromatic heterocycles. The number of alkyl halides is 3. The molecule has 2 N–H and O–H groups in total. The Bertz CT molecular complexity index is 943. The maximum Gasteiger partial charge on any atom is 0.452 e. The first-order chi connectivity index (χ1) is 14.7. The Hall–Kier alpha value is -2.44. The topological polar surface area (TPSA) is 90.7 Å². The lowest BCUT2D eigenvalue weighted by Crippen LogP contribution is -2.57. The zero-order chi connectivity index (χ0) is 22.8. The number of hydrazine groups is 1. The third kappa shape index (κ3) is 4.91. The molecule has 170 valence electrons. The smallest absolute Gasteiger partial charge is 0.351 e. The van der Waals surface area contributed by atoms with Crippen molar-refractivity contribution >= 4 is 23.2 Å². The summed E-state index contributed by atoms with van der Waals surface area (Å²) in [6.45, 7) is 2.38. The van der Waals surface area contributed by atoms with Crippen molar-refractivity contribution in [1.82, 2.24) is 25.8 Å². The highest BCUT2D eigenvalue weighted by atomic mass is 32.1. The Morgan fingerprint density at radius 2 is 2.10 bits per heavy atom. The van der Waals surface area contributed by atoms with Gasteiger partial charge in [0.1, 0.15) is 5.69 Å². The van der Waals surface area contributed by atoms with Gasteiger partial charge in [-0.2, -0.15) is 13.2 Å². The average Bonchev–Trinajstić information content (AvgIpc) is 3.35. The molecule has 0 radical (unpaired) electrons. The van der Waals surface area contributed by atoms with Crippen LogP contribution in [0.15, 0.2) is 16.7 Å². The summed E-state index contributed by atoms with van der Waals surface area (Å²) in [6, 6.07) is 2.98. The summed E-state index contributed by atoms with van der Waals surface area (Å²) in [5.41, 5.74) is 2.86. The van der Waals surface area contributed by atoms with Gasteiger partial charge in [-0.05, 0) is 38.9 Å². The average molecular weight is 459 g/mol. The maximum absolute atomic E-state index is 13.0. The molecule has 0 aromatic carbocycles. The quantitative estimate of drug-likeness (QED) is 0.646. The van der Waals surface area contributed by atoms with Crippen molar-refractivity contribution in [1.29, 1.82) is 0 Å². The van der Waals surface area contributed by atoms with Crippen molar-refractivity contribution in [2.45, 2.75) is 32.0 Å². The molecule has 0 saturated carbocycles. The number of hydrogen-bond acceptors (Lipinski definition) is 7. The number of piperidine rings is 1. The molecule has 3 rings (SSSR count). The van der Waals surface area contributed by atoms with Gasteiger partial charge < -0.3 is 14.7 Å². The van der Waals surface area contributed by atoms with E-state index < -0.39 is 11.9 Å². The first-order valence-corrected chi connectivity index (χ1v) is 10.6. The van der Waals surface area contributed by atoms with Crippen molar-refractivity contribution in [3.63, 3.8) is 0 Å². The molecule has 3 heterocycles. The van der Waals surface area contributed by atoms with Crippen LogP contribution in [0.25, 0.3) is 10.6 Å². The molecule has 0 bridgehead atoms. The van der Waals surface area contributed by atoms with Gasteiger partial charge in [-0.1, -0.05) is 5.16 Å². The minimum atomic E-state index is -4.63. The molecule has 1 aliphatic rings. The molecule has 1 fully saturated rings. The predicted octanol–water partition coefficient (Wildman–Crippen LogP) is 2.52. The SMILES string of the molecule is CNCC(=O)N(NC)[C@H]1CCCN(C(=O)c2ccc(-c3noc(C(F)(F)F)c3C)s2)C1. The van der Waals surface area contributed by atoms with Crippen LogP contribution in [0.2, 0.25) is 0 Å². The number of amides is 2. The number of carbonyl (C=O) groups excluding carboxylic acids is 2. The van der Waals surface area contributed by atoms with Gasteiger partial charge in [-0.15, -0.1) is 11.3 Å². The lowest BCUT2D eigenvalue weighted by molar-refractivity contribution is -0.156. The van der Waals surface area contributed by atoms with E-state index in [4.69, 9.17) is 0 Å². The fraction of sp³-hybridized carbons (Fsp3) is 0.526. The number of nitrogens with zero attached hydrogens (tertiary/aromatic N) is 3. The van der Waals surface area contributed by atoms with Crippen molar-refractivity contribution in [2.24, 2.45) is 0 Å². The molecule has 0 unspecified atom stereocenters. The Morgan fingerprint density at radius 1 is 1.35 bits per heavy atom. The molecule has 8 nitrogen and oxygen atoms in total. The van der Waals surface area contributed by atoms with Crippen molar-refractivity contribution < 1.29 is 27.3 Å². The monoisotopic (exact) mass is 459 g/mol. The number of nitrogens with one attached hydrogen (secondary N) is 2. The van der Waals surface area contributed by atoms with Crippen molar-refractivity contribution in [3.8, 4) is 10.6 Å². The summed E-state index contributed by atoms with van der Waals surface area (Å²) in [6.07, 6.45) is -3.14. The minimum Gasteiger partial charge on any atom is -0.351 e. The summed E-state index contributed by atoms with van der Waals surface area (Å²) in [5.74, 6) is -1.49. The zero-order valence-electron chi connectivity index (χ0n) is 17.4. The van der Waals surface area contributed by atoms with Crippen LogP contribution in [-0.2, 0) is 11.0 Å². The number of aromatic nitrogens is 1. The van der Waals surface area contributed by atoms with Gasteiger partial charge in [0.05, 0.1) is 22.3 Å². The summed E-state index contributed by atoms with van der Waals surface area (Å²) >= 11 is 1.07. The summed E-state index contributed by atoms with van der Waals surface area (Å²) in [7, 11) is 3.35.